The molecule has 0 radical (unpaired) electrons. The molecule has 2 aromatic rings. The van der Waals surface area contributed by atoms with Gasteiger partial charge in [-0.2, -0.15) is 0 Å². The topological polar surface area (TPSA) is 41.4 Å². The number of hydrogen-bond donors (Lipinski definition) is 0. The lowest BCUT2D eigenvalue weighted by Gasteiger charge is -2.38. The van der Waals surface area contributed by atoms with Crippen LogP contribution in [0, 0.1) is 20.8 Å². The number of nitrogens with zero attached hydrogens (tertiary/aromatic N) is 4. The van der Waals surface area contributed by atoms with Crippen LogP contribution < -0.4 is 10.5 Å². The van der Waals surface area contributed by atoms with E-state index in [1.807, 2.05) is 19.9 Å². The van der Waals surface area contributed by atoms with Crippen LogP contribution in [-0.4, -0.2) is 27.7 Å². The van der Waals surface area contributed by atoms with Crippen LogP contribution in [0.25, 0.3) is 0 Å². The lowest BCUT2D eigenvalue weighted by molar-refractivity contribution is 0.198. The van der Waals surface area contributed by atoms with Gasteiger partial charge in [-0.1, -0.05) is 19.1 Å². The van der Waals surface area contributed by atoms with Crippen molar-refractivity contribution < 1.29 is 0 Å². The number of rotatable bonds is 3. The third-order valence-electron chi connectivity index (χ3n) is 4.40. The number of benzene rings is 1. The SMILES string of the molecule is CCCN1CN(c2cccc(C)c2)c2nc(C)c(C)c(=O)n2C1. The lowest BCUT2D eigenvalue weighted by atomic mass is 10.2. The Labute approximate surface area is 137 Å². The summed E-state index contributed by atoms with van der Waals surface area (Å²) in [5.41, 5.74) is 3.88. The van der Waals surface area contributed by atoms with E-state index in [0.717, 1.165) is 42.5 Å². The number of aromatic nitrogens is 2. The molecule has 1 aromatic heterocycles. The molecule has 23 heavy (non-hydrogen) atoms. The molecule has 0 aliphatic carbocycles. The van der Waals surface area contributed by atoms with Gasteiger partial charge in [-0.05, 0) is 44.9 Å². The number of anilines is 2. The van der Waals surface area contributed by atoms with Crippen molar-refractivity contribution in [1.29, 1.82) is 0 Å². The van der Waals surface area contributed by atoms with Crippen LogP contribution in [0.5, 0.6) is 0 Å². The van der Waals surface area contributed by atoms with Crippen molar-refractivity contribution in [1.82, 2.24) is 14.5 Å². The zero-order chi connectivity index (χ0) is 16.6. The van der Waals surface area contributed by atoms with Gasteiger partial charge < -0.3 is 0 Å². The molecule has 122 valence electrons. The van der Waals surface area contributed by atoms with E-state index in [2.05, 4.69) is 41.8 Å². The van der Waals surface area contributed by atoms with E-state index in [9.17, 15) is 4.79 Å². The molecule has 0 spiro atoms. The van der Waals surface area contributed by atoms with E-state index in [0.29, 0.717) is 6.67 Å². The van der Waals surface area contributed by atoms with Crippen molar-refractivity contribution in [2.24, 2.45) is 0 Å². The minimum absolute atomic E-state index is 0.0611. The van der Waals surface area contributed by atoms with Gasteiger partial charge in [0.2, 0.25) is 5.95 Å². The summed E-state index contributed by atoms with van der Waals surface area (Å²) in [6.07, 6.45) is 1.06. The Bertz CT molecular complexity index is 781. The van der Waals surface area contributed by atoms with Crippen molar-refractivity contribution in [3.63, 3.8) is 0 Å². The maximum Gasteiger partial charge on any atom is 0.259 e. The lowest BCUT2D eigenvalue weighted by Crippen LogP contribution is -2.48. The van der Waals surface area contributed by atoms with E-state index >= 15 is 0 Å². The van der Waals surface area contributed by atoms with Crippen LogP contribution in [0.15, 0.2) is 29.1 Å². The molecule has 0 amide bonds. The first-order valence-electron chi connectivity index (χ1n) is 8.16. The van der Waals surface area contributed by atoms with Gasteiger partial charge in [0, 0.05) is 23.5 Å². The van der Waals surface area contributed by atoms with Gasteiger partial charge >= 0.3 is 0 Å². The Balaban J connectivity index is 2.15. The minimum Gasteiger partial charge on any atom is -0.298 e. The fourth-order valence-electron chi connectivity index (χ4n) is 3.03. The van der Waals surface area contributed by atoms with Crippen LogP contribution in [0.2, 0.25) is 0 Å². The van der Waals surface area contributed by atoms with E-state index in [1.54, 1.807) is 4.57 Å². The summed E-state index contributed by atoms with van der Waals surface area (Å²) in [5, 5.41) is 0. The third kappa shape index (κ3) is 2.88. The van der Waals surface area contributed by atoms with Gasteiger partial charge in [-0.25, -0.2) is 4.98 Å². The van der Waals surface area contributed by atoms with E-state index in [-0.39, 0.29) is 5.56 Å². The molecule has 1 aliphatic heterocycles. The molecule has 0 bridgehead atoms. The monoisotopic (exact) mass is 312 g/mol. The Morgan fingerprint density at radius 2 is 1.96 bits per heavy atom. The van der Waals surface area contributed by atoms with Crippen molar-refractivity contribution in [2.75, 3.05) is 18.1 Å². The first kappa shape index (κ1) is 15.7. The molecule has 1 aromatic carbocycles. The zero-order valence-corrected chi connectivity index (χ0v) is 14.3. The molecule has 5 nitrogen and oxygen atoms in total. The molecule has 0 atom stereocenters. The molecular formula is C18H24N4O. The quantitative estimate of drug-likeness (QED) is 0.874. The first-order valence-corrected chi connectivity index (χ1v) is 8.16. The highest BCUT2D eigenvalue weighted by Crippen LogP contribution is 2.28. The third-order valence-corrected chi connectivity index (χ3v) is 4.40. The van der Waals surface area contributed by atoms with Gasteiger partial charge in [0.05, 0.1) is 13.3 Å². The van der Waals surface area contributed by atoms with Crippen LogP contribution >= 0.6 is 0 Å². The number of hydrogen-bond acceptors (Lipinski definition) is 4. The second-order valence-electron chi connectivity index (χ2n) is 6.30. The average Bonchev–Trinajstić information content (AvgIpc) is 2.53. The highest BCUT2D eigenvalue weighted by atomic mass is 16.1. The highest BCUT2D eigenvalue weighted by Gasteiger charge is 2.26. The largest absolute Gasteiger partial charge is 0.298 e. The van der Waals surface area contributed by atoms with Crippen molar-refractivity contribution in [3.05, 3.63) is 51.4 Å². The molecule has 0 unspecified atom stereocenters. The van der Waals surface area contributed by atoms with Gasteiger partial charge in [-0.15, -0.1) is 0 Å². The van der Waals surface area contributed by atoms with Crippen molar-refractivity contribution in [3.8, 4) is 0 Å². The smallest absolute Gasteiger partial charge is 0.259 e. The molecule has 0 saturated carbocycles. The van der Waals surface area contributed by atoms with Gasteiger partial charge in [0.15, 0.2) is 0 Å². The summed E-state index contributed by atoms with van der Waals surface area (Å²) in [6, 6.07) is 8.35. The predicted octanol–water partition coefficient (Wildman–Crippen LogP) is 2.95. The second-order valence-corrected chi connectivity index (χ2v) is 6.30. The van der Waals surface area contributed by atoms with Crippen molar-refractivity contribution >= 4 is 11.6 Å². The molecule has 0 saturated heterocycles. The van der Waals surface area contributed by atoms with E-state index in [4.69, 9.17) is 4.98 Å². The molecule has 0 fully saturated rings. The van der Waals surface area contributed by atoms with Crippen LogP contribution in [0.1, 0.15) is 30.2 Å². The molecule has 3 rings (SSSR count). The normalized spacial score (nSPS) is 14.9. The molecular weight excluding hydrogens is 288 g/mol. The highest BCUT2D eigenvalue weighted by molar-refractivity contribution is 5.59. The number of fused-ring (bicyclic) bond motifs is 1. The Morgan fingerprint density at radius 3 is 2.65 bits per heavy atom. The maximum absolute atomic E-state index is 12.7. The summed E-state index contributed by atoms with van der Waals surface area (Å²) in [5.74, 6) is 0.746. The number of aryl methyl sites for hydroxylation is 2. The maximum atomic E-state index is 12.7. The summed E-state index contributed by atoms with van der Waals surface area (Å²) in [6.45, 7) is 10.3. The van der Waals surface area contributed by atoms with Gasteiger partial charge in [-0.3, -0.25) is 19.2 Å². The van der Waals surface area contributed by atoms with E-state index < -0.39 is 0 Å². The summed E-state index contributed by atoms with van der Waals surface area (Å²) < 4.78 is 1.80. The zero-order valence-electron chi connectivity index (χ0n) is 14.3. The van der Waals surface area contributed by atoms with Gasteiger partial charge in [0.25, 0.3) is 5.56 Å². The molecule has 1 aliphatic rings. The van der Waals surface area contributed by atoms with Gasteiger partial charge in [0.1, 0.15) is 0 Å². The first-order chi connectivity index (χ1) is 11.0. The molecule has 0 N–H and O–H groups in total. The fraction of sp³-hybridized carbons (Fsp3) is 0.444. The van der Waals surface area contributed by atoms with Crippen molar-refractivity contribution in [2.45, 2.75) is 40.8 Å². The Morgan fingerprint density at radius 1 is 1.17 bits per heavy atom. The summed E-state index contributed by atoms with van der Waals surface area (Å²) in [7, 11) is 0. The summed E-state index contributed by atoms with van der Waals surface area (Å²) in [4.78, 5) is 21.8. The Hall–Kier alpha value is -2.14. The Kier molecular flexibility index (Phi) is 4.22. The molecule has 2 heterocycles. The standard InChI is InChI=1S/C18H24N4O/c1-5-9-20-11-21(16-8-6-7-13(2)10-16)18-19-15(4)14(3)17(23)22(18)12-20/h6-8,10H,5,9,11-12H2,1-4H3. The summed E-state index contributed by atoms with van der Waals surface area (Å²) >= 11 is 0. The minimum atomic E-state index is 0.0611. The van der Waals surface area contributed by atoms with E-state index in [1.165, 1.54) is 5.56 Å². The molecule has 5 heteroatoms. The van der Waals surface area contributed by atoms with Crippen LogP contribution in [0.4, 0.5) is 11.6 Å². The fourth-order valence-corrected chi connectivity index (χ4v) is 3.03. The average molecular weight is 312 g/mol. The van der Waals surface area contributed by atoms with Crippen LogP contribution in [-0.2, 0) is 6.67 Å². The van der Waals surface area contributed by atoms with Crippen LogP contribution in [0.3, 0.4) is 0 Å². The second kappa shape index (κ2) is 6.16. The predicted molar refractivity (Wildman–Crippen MR) is 93.2 cm³/mol.